The van der Waals surface area contributed by atoms with E-state index in [0.29, 0.717) is 0 Å². The molecule has 1 fully saturated rings. The van der Waals surface area contributed by atoms with Crippen LogP contribution < -0.4 is 0 Å². The molecule has 1 aromatic rings. The van der Waals surface area contributed by atoms with Gasteiger partial charge in [0.25, 0.3) is 0 Å². The first kappa shape index (κ1) is 11.9. The molecule has 2 rings (SSSR count). The predicted octanol–water partition coefficient (Wildman–Crippen LogP) is 3.10. The van der Waals surface area contributed by atoms with E-state index >= 15 is 0 Å². The fourth-order valence-electron chi connectivity index (χ4n) is 1.74. The van der Waals surface area contributed by atoms with E-state index in [1.54, 1.807) is 0 Å². The lowest BCUT2D eigenvalue weighted by Crippen LogP contribution is -2.02. The Hall–Kier alpha value is -1.60. The smallest absolute Gasteiger partial charge is 0.328 e. The van der Waals surface area contributed by atoms with Crippen molar-refractivity contribution in [2.45, 2.75) is 18.3 Å². The summed E-state index contributed by atoms with van der Waals surface area (Å²) in [5.74, 6) is -0.979. The minimum atomic E-state index is -0.979. The highest BCUT2D eigenvalue weighted by Gasteiger charge is 2.45. The maximum absolute atomic E-state index is 10.5. The Labute approximate surface area is 108 Å². The number of carbonyl (C=O) groups is 1. The third-order valence-electron chi connectivity index (χ3n) is 2.86. The van der Waals surface area contributed by atoms with Gasteiger partial charge in [-0.1, -0.05) is 22.0 Å². The monoisotopic (exact) mass is 291 g/mol. The van der Waals surface area contributed by atoms with Crippen molar-refractivity contribution in [2.24, 2.45) is 0 Å². The van der Waals surface area contributed by atoms with E-state index < -0.39 is 5.97 Å². The van der Waals surface area contributed by atoms with E-state index in [4.69, 9.17) is 10.4 Å². The average Bonchev–Trinajstić information content (AvgIpc) is 3.06. The largest absolute Gasteiger partial charge is 0.478 e. The SMILES string of the molecule is N#CC1(c2cc(Br)cc(C=CC(=O)O)c2)CC1. The van der Waals surface area contributed by atoms with Gasteiger partial charge in [-0.05, 0) is 42.2 Å². The Morgan fingerprint density at radius 1 is 1.47 bits per heavy atom. The summed E-state index contributed by atoms with van der Waals surface area (Å²) in [5, 5.41) is 17.7. The van der Waals surface area contributed by atoms with Gasteiger partial charge in [0, 0.05) is 10.5 Å². The Morgan fingerprint density at radius 2 is 2.18 bits per heavy atom. The molecule has 0 atom stereocenters. The molecule has 17 heavy (non-hydrogen) atoms. The number of rotatable bonds is 3. The van der Waals surface area contributed by atoms with Crippen LogP contribution in [0.3, 0.4) is 0 Å². The molecule has 0 radical (unpaired) electrons. The molecule has 1 saturated carbocycles. The van der Waals surface area contributed by atoms with E-state index in [0.717, 1.165) is 34.5 Å². The lowest BCUT2D eigenvalue weighted by molar-refractivity contribution is -0.131. The highest BCUT2D eigenvalue weighted by Crippen LogP contribution is 2.48. The minimum absolute atomic E-state index is 0.352. The van der Waals surface area contributed by atoms with Crippen molar-refractivity contribution in [1.82, 2.24) is 0 Å². The zero-order chi connectivity index (χ0) is 12.5. The van der Waals surface area contributed by atoms with Gasteiger partial charge in [0.1, 0.15) is 0 Å². The van der Waals surface area contributed by atoms with Crippen molar-refractivity contribution in [2.75, 3.05) is 0 Å². The molecule has 1 aliphatic carbocycles. The van der Waals surface area contributed by atoms with E-state index in [1.807, 2.05) is 18.2 Å². The summed E-state index contributed by atoms with van der Waals surface area (Å²) in [6, 6.07) is 7.96. The number of hydrogen-bond acceptors (Lipinski definition) is 2. The number of halogens is 1. The Kier molecular flexibility index (Phi) is 3.03. The number of benzene rings is 1. The van der Waals surface area contributed by atoms with Crippen molar-refractivity contribution in [3.05, 3.63) is 39.9 Å². The van der Waals surface area contributed by atoms with Gasteiger partial charge in [-0.3, -0.25) is 0 Å². The highest BCUT2D eigenvalue weighted by molar-refractivity contribution is 9.10. The van der Waals surface area contributed by atoms with Crippen LogP contribution >= 0.6 is 15.9 Å². The second kappa shape index (κ2) is 4.34. The molecule has 0 amide bonds. The molecule has 0 unspecified atom stereocenters. The number of nitrogens with zero attached hydrogens (tertiary/aromatic N) is 1. The molecule has 0 heterocycles. The van der Waals surface area contributed by atoms with Crippen LogP contribution in [0, 0.1) is 11.3 Å². The van der Waals surface area contributed by atoms with Crippen molar-refractivity contribution in [3.63, 3.8) is 0 Å². The normalized spacial score (nSPS) is 16.7. The van der Waals surface area contributed by atoms with Crippen LogP contribution in [0.1, 0.15) is 24.0 Å². The minimum Gasteiger partial charge on any atom is -0.478 e. The first-order valence-electron chi connectivity index (χ1n) is 5.19. The van der Waals surface area contributed by atoms with Crippen LogP contribution in [0.2, 0.25) is 0 Å². The van der Waals surface area contributed by atoms with E-state index in [2.05, 4.69) is 22.0 Å². The summed E-state index contributed by atoms with van der Waals surface area (Å²) in [6.45, 7) is 0. The summed E-state index contributed by atoms with van der Waals surface area (Å²) < 4.78 is 0.863. The summed E-state index contributed by atoms with van der Waals surface area (Å²) >= 11 is 3.38. The molecule has 0 spiro atoms. The van der Waals surface area contributed by atoms with E-state index in [9.17, 15) is 4.79 Å². The zero-order valence-corrected chi connectivity index (χ0v) is 10.6. The van der Waals surface area contributed by atoms with Crippen LogP contribution in [-0.4, -0.2) is 11.1 Å². The van der Waals surface area contributed by atoms with Crippen molar-refractivity contribution >= 4 is 28.0 Å². The number of aliphatic carboxylic acids is 1. The van der Waals surface area contributed by atoms with Gasteiger partial charge in [0.15, 0.2) is 0 Å². The summed E-state index contributed by atoms with van der Waals surface area (Å²) in [4.78, 5) is 10.5. The van der Waals surface area contributed by atoms with Crippen LogP contribution in [0.5, 0.6) is 0 Å². The lowest BCUT2D eigenvalue weighted by atomic mass is 9.96. The van der Waals surface area contributed by atoms with E-state index in [1.165, 1.54) is 6.08 Å². The highest BCUT2D eigenvalue weighted by atomic mass is 79.9. The van der Waals surface area contributed by atoms with Crippen molar-refractivity contribution in [1.29, 1.82) is 5.26 Å². The number of hydrogen-bond donors (Lipinski definition) is 1. The first-order valence-corrected chi connectivity index (χ1v) is 5.98. The van der Waals surface area contributed by atoms with Gasteiger partial charge in [-0.25, -0.2) is 4.79 Å². The van der Waals surface area contributed by atoms with Crippen molar-refractivity contribution < 1.29 is 9.90 Å². The molecule has 1 aliphatic rings. The Balaban J connectivity index is 2.37. The van der Waals surface area contributed by atoms with Gasteiger partial charge in [0.05, 0.1) is 11.5 Å². The molecule has 1 aromatic carbocycles. The Morgan fingerprint density at radius 3 is 2.71 bits per heavy atom. The maximum atomic E-state index is 10.5. The fourth-order valence-corrected chi connectivity index (χ4v) is 2.25. The van der Waals surface area contributed by atoms with Gasteiger partial charge < -0.3 is 5.11 Å². The molecule has 0 aliphatic heterocycles. The van der Waals surface area contributed by atoms with Gasteiger partial charge in [-0.2, -0.15) is 5.26 Å². The summed E-state index contributed by atoms with van der Waals surface area (Å²) in [6.07, 6.45) is 4.38. The standard InChI is InChI=1S/C13H10BrNO2/c14-11-6-9(1-2-12(16)17)5-10(7-11)13(8-15)3-4-13/h1-2,5-7H,3-4H2,(H,16,17). The number of carboxylic acids is 1. The zero-order valence-electron chi connectivity index (χ0n) is 8.98. The van der Waals surface area contributed by atoms with Gasteiger partial charge in [0.2, 0.25) is 0 Å². The van der Waals surface area contributed by atoms with Gasteiger partial charge in [-0.15, -0.1) is 0 Å². The third-order valence-corrected chi connectivity index (χ3v) is 3.31. The fraction of sp³-hybridized carbons (Fsp3) is 0.231. The third kappa shape index (κ3) is 2.56. The number of carboxylic acid groups (broad SMARTS) is 1. The molecular weight excluding hydrogens is 282 g/mol. The first-order chi connectivity index (χ1) is 8.05. The van der Waals surface area contributed by atoms with Crippen LogP contribution in [0.4, 0.5) is 0 Å². The lowest BCUT2D eigenvalue weighted by Gasteiger charge is -2.08. The van der Waals surface area contributed by atoms with Crippen LogP contribution in [0.25, 0.3) is 6.08 Å². The van der Waals surface area contributed by atoms with Gasteiger partial charge >= 0.3 is 5.97 Å². The molecule has 0 saturated heterocycles. The molecule has 86 valence electrons. The second-order valence-corrected chi connectivity index (χ2v) is 5.05. The summed E-state index contributed by atoms with van der Waals surface area (Å²) in [5.41, 5.74) is 1.40. The molecule has 0 bridgehead atoms. The Bertz CT molecular complexity index is 539. The topological polar surface area (TPSA) is 61.1 Å². The summed E-state index contributed by atoms with van der Waals surface area (Å²) in [7, 11) is 0. The maximum Gasteiger partial charge on any atom is 0.328 e. The molecule has 1 N–H and O–H groups in total. The molecule has 4 heteroatoms. The predicted molar refractivity (Wildman–Crippen MR) is 67.3 cm³/mol. The van der Waals surface area contributed by atoms with Crippen molar-refractivity contribution in [3.8, 4) is 6.07 Å². The van der Waals surface area contributed by atoms with Crippen LogP contribution in [-0.2, 0) is 10.2 Å². The molecule has 0 aromatic heterocycles. The molecular formula is C13H10BrNO2. The van der Waals surface area contributed by atoms with Crippen LogP contribution in [0.15, 0.2) is 28.7 Å². The molecule has 3 nitrogen and oxygen atoms in total. The second-order valence-electron chi connectivity index (χ2n) is 4.14. The number of nitriles is 1. The average molecular weight is 292 g/mol. The van der Waals surface area contributed by atoms with E-state index in [-0.39, 0.29) is 5.41 Å². The quantitative estimate of drug-likeness (QED) is 0.871.